The number of rotatable bonds is 13. The zero-order chi connectivity index (χ0) is 39.1. The van der Waals surface area contributed by atoms with Crippen LogP contribution in [0.5, 0.6) is 17.2 Å². The first-order valence-electron chi connectivity index (χ1n) is 17.7. The molecule has 0 radical (unpaired) electrons. The minimum atomic E-state index is -2.10. The molecule has 2 amide bonds. The lowest BCUT2D eigenvalue weighted by Gasteiger charge is -2.43. The second-order valence-corrected chi connectivity index (χ2v) is 14.0. The molecule has 6 atom stereocenters. The van der Waals surface area contributed by atoms with E-state index in [0.717, 1.165) is 4.90 Å². The molecule has 2 heterocycles. The summed E-state index contributed by atoms with van der Waals surface area (Å²) in [5, 5.41) is 56.6. The number of carbonyl (C=O) groups excluding carboxylic acids is 5. The maximum Gasteiger partial charge on any atom is 0.253 e. The van der Waals surface area contributed by atoms with Crippen LogP contribution >= 0.6 is 0 Å². The Balaban J connectivity index is 1.29. The zero-order valence-corrected chi connectivity index (χ0v) is 29.8. The number of hydrogen-bond donors (Lipinski definition) is 6. The van der Waals surface area contributed by atoms with Gasteiger partial charge in [0.05, 0.1) is 61.0 Å². The van der Waals surface area contributed by atoms with Crippen LogP contribution in [0.25, 0.3) is 0 Å². The highest BCUT2D eigenvalue weighted by Crippen LogP contribution is 2.52. The first-order valence-corrected chi connectivity index (χ1v) is 17.7. The Hall–Kier alpha value is -4.84. The van der Waals surface area contributed by atoms with Gasteiger partial charge in [0.2, 0.25) is 5.78 Å². The number of aliphatic hydroxyl groups is 3. The molecule has 16 nitrogen and oxygen atoms in total. The largest absolute Gasteiger partial charge is 0.507 e. The number of fused-ring (bicyclic) bond motifs is 3. The summed E-state index contributed by atoms with van der Waals surface area (Å²) in [6.07, 6.45) is -1.14. The predicted octanol–water partition coefficient (Wildman–Crippen LogP) is 0.928. The fourth-order valence-electron chi connectivity index (χ4n) is 7.64. The molecular formula is C38H43N3O13. The summed E-state index contributed by atoms with van der Waals surface area (Å²) in [4.78, 5) is 69.5. The second-order valence-electron chi connectivity index (χ2n) is 14.0. The number of methoxy groups -OCH3 is 1. The monoisotopic (exact) mass is 749 g/mol. The van der Waals surface area contributed by atoms with Crippen molar-refractivity contribution >= 4 is 34.9 Å². The summed E-state index contributed by atoms with van der Waals surface area (Å²) in [5.74, 6) is -3.91. The molecule has 4 unspecified atom stereocenters. The first-order chi connectivity index (χ1) is 25.7. The van der Waals surface area contributed by atoms with Crippen LogP contribution < -0.4 is 10.5 Å². The molecule has 0 spiro atoms. The van der Waals surface area contributed by atoms with Crippen molar-refractivity contribution < 1.29 is 63.7 Å². The number of nitrogens with two attached hydrogens (primary N) is 1. The Kier molecular flexibility index (Phi) is 11.1. The van der Waals surface area contributed by atoms with Crippen molar-refractivity contribution in [2.45, 2.75) is 88.1 Å². The first kappa shape index (κ1) is 38.9. The average molecular weight is 750 g/mol. The third kappa shape index (κ3) is 7.08. The molecule has 2 aromatic carbocycles. The van der Waals surface area contributed by atoms with Crippen molar-refractivity contribution in [2.75, 3.05) is 26.8 Å². The van der Waals surface area contributed by atoms with Gasteiger partial charge in [-0.25, -0.2) is 0 Å². The van der Waals surface area contributed by atoms with Gasteiger partial charge in [-0.3, -0.25) is 33.9 Å². The normalized spacial score (nSPS) is 26.5. The van der Waals surface area contributed by atoms with E-state index in [1.54, 1.807) is 6.92 Å². The second kappa shape index (κ2) is 15.5. The number of amides is 2. The summed E-state index contributed by atoms with van der Waals surface area (Å²) >= 11 is 0. The van der Waals surface area contributed by atoms with Crippen LogP contribution in [0.4, 0.5) is 0 Å². The maximum atomic E-state index is 14.0. The highest BCUT2D eigenvalue weighted by molar-refractivity contribution is 6.31. The molecule has 1 fully saturated rings. The molecule has 2 aromatic rings. The van der Waals surface area contributed by atoms with Crippen LogP contribution in [-0.4, -0.2) is 122 Å². The van der Waals surface area contributed by atoms with Gasteiger partial charge in [-0.1, -0.05) is 18.6 Å². The van der Waals surface area contributed by atoms with Crippen molar-refractivity contribution in [1.82, 2.24) is 4.90 Å². The Morgan fingerprint density at radius 3 is 2.41 bits per heavy atom. The summed E-state index contributed by atoms with van der Waals surface area (Å²) in [5.41, 5.74) is 2.42. The Bertz CT molecular complexity index is 1930. The minimum Gasteiger partial charge on any atom is -0.507 e. The number of ether oxygens (including phenoxy) is 3. The molecule has 288 valence electrons. The molecule has 7 N–H and O–H groups in total. The van der Waals surface area contributed by atoms with Gasteiger partial charge >= 0.3 is 0 Å². The Labute approximate surface area is 309 Å². The van der Waals surface area contributed by atoms with E-state index in [1.807, 2.05) is 0 Å². The predicted molar refractivity (Wildman–Crippen MR) is 188 cm³/mol. The molecule has 6 rings (SSSR count). The van der Waals surface area contributed by atoms with E-state index in [-0.39, 0.29) is 70.7 Å². The Morgan fingerprint density at radius 1 is 1.04 bits per heavy atom. The molecular weight excluding hydrogens is 706 g/mol. The molecule has 54 heavy (non-hydrogen) atoms. The number of aliphatic hydroxyl groups excluding tert-OH is 2. The van der Waals surface area contributed by atoms with Crippen molar-refractivity contribution in [3.8, 4) is 17.2 Å². The number of unbranched alkanes of at least 4 members (excludes halogenated alkanes) is 2. The minimum absolute atomic E-state index is 0.00751. The third-order valence-electron chi connectivity index (χ3n) is 10.5. The van der Waals surface area contributed by atoms with E-state index in [2.05, 4.69) is 4.99 Å². The van der Waals surface area contributed by atoms with Crippen LogP contribution in [0, 0.1) is 0 Å². The van der Waals surface area contributed by atoms with E-state index in [0.29, 0.717) is 19.3 Å². The average Bonchev–Trinajstić information content (AvgIpc) is 3.46. The molecule has 2 aliphatic heterocycles. The number of nitrogens with zero attached hydrogens (tertiary/aromatic N) is 2. The number of benzene rings is 2. The molecule has 1 saturated heterocycles. The van der Waals surface area contributed by atoms with Crippen LogP contribution in [0.15, 0.2) is 35.3 Å². The highest BCUT2D eigenvalue weighted by atomic mass is 16.7. The lowest BCUT2D eigenvalue weighted by atomic mass is 9.71. The number of carbonyl (C=O) groups is 5. The number of aromatic hydroxyl groups is 2. The number of hydrogen-bond acceptors (Lipinski definition) is 15. The number of phenols is 2. The topological polar surface area (TPSA) is 256 Å². The van der Waals surface area contributed by atoms with E-state index in [9.17, 15) is 49.5 Å². The van der Waals surface area contributed by atoms with Crippen molar-refractivity contribution in [3.63, 3.8) is 0 Å². The van der Waals surface area contributed by atoms with E-state index >= 15 is 0 Å². The van der Waals surface area contributed by atoms with Gasteiger partial charge in [0.25, 0.3) is 11.8 Å². The highest BCUT2D eigenvalue weighted by Gasteiger charge is 2.49. The van der Waals surface area contributed by atoms with Gasteiger partial charge in [-0.2, -0.15) is 0 Å². The molecule has 2 aliphatic carbocycles. The maximum absolute atomic E-state index is 14.0. The Morgan fingerprint density at radius 2 is 1.74 bits per heavy atom. The van der Waals surface area contributed by atoms with Crippen LogP contribution in [0.1, 0.15) is 94.5 Å². The quantitative estimate of drug-likeness (QED) is 0.0615. The summed E-state index contributed by atoms with van der Waals surface area (Å²) in [6, 6.07) is 3.60. The number of ketones is 3. The smallest absolute Gasteiger partial charge is 0.253 e. The molecule has 0 saturated carbocycles. The van der Waals surface area contributed by atoms with E-state index < -0.39 is 96.4 Å². The fraction of sp³-hybridized carbons (Fsp3) is 0.474. The van der Waals surface area contributed by atoms with Gasteiger partial charge in [0, 0.05) is 67.1 Å². The fourth-order valence-corrected chi connectivity index (χ4v) is 7.64. The van der Waals surface area contributed by atoms with E-state index in [1.165, 1.54) is 37.5 Å². The summed E-state index contributed by atoms with van der Waals surface area (Å²) in [7, 11) is 1.32. The number of imide groups is 1. The van der Waals surface area contributed by atoms with Crippen LogP contribution in [0.2, 0.25) is 0 Å². The van der Waals surface area contributed by atoms with Crippen molar-refractivity contribution in [2.24, 2.45) is 10.7 Å². The van der Waals surface area contributed by atoms with Gasteiger partial charge in [-0.15, -0.1) is 0 Å². The summed E-state index contributed by atoms with van der Waals surface area (Å²) < 4.78 is 17.4. The van der Waals surface area contributed by atoms with E-state index in [4.69, 9.17) is 19.9 Å². The van der Waals surface area contributed by atoms with Gasteiger partial charge in [0.15, 0.2) is 17.9 Å². The lowest BCUT2D eigenvalue weighted by molar-refractivity contribution is -0.245. The lowest BCUT2D eigenvalue weighted by Crippen LogP contribution is -2.53. The van der Waals surface area contributed by atoms with Gasteiger partial charge in [0.1, 0.15) is 22.8 Å². The molecule has 4 aliphatic rings. The van der Waals surface area contributed by atoms with Gasteiger partial charge < -0.3 is 45.5 Å². The molecule has 16 heteroatoms. The van der Waals surface area contributed by atoms with Crippen molar-refractivity contribution in [3.05, 3.63) is 63.7 Å². The molecule has 0 aromatic heterocycles. The third-order valence-corrected chi connectivity index (χ3v) is 10.5. The van der Waals surface area contributed by atoms with Crippen molar-refractivity contribution in [1.29, 1.82) is 0 Å². The van der Waals surface area contributed by atoms with Gasteiger partial charge in [-0.05, 0) is 25.8 Å². The number of Topliss-reactive ketones (excluding diaryl/α,β-unsaturated/α-hetero) is 1. The SMILES string of the molecule is COc1cccc2c1C(=O)c1c(O)c3c(c(O)c1C2=O)CC(O)(C(CO)=NCC(=O)CCCCCN1C(=O)C=CC1=O)C[C@H]3O[C@@H]1CC(N)C(O)C(C)O1. The standard InChI is InChI=1S/C38H43N3O13/c1-18-33(46)22(39)13-28(53-18)54-24-15-38(51,25(17-42)40-16-19(43)7-4-3-5-12-41-26(44)10-11-27(41)45)14-21-30(24)37(50)32-31(35(21)48)34(47)20-8-6-9-23(52-2)29(20)36(32)49/h6,8-11,18,22,24,28,33,42,46,48,50-51H,3-5,7,12-17,39H2,1-2H3/t18?,22?,24-,28-,33?,38?/m1/s1. The zero-order valence-electron chi connectivity index (χ0n) is 29.8. The molecule has 0 bridgehead atoms. The number of phenolic OH excluding ortho intramolecular Hbond substituents is 2. The summed E-state index contributed by atoms with van der Waals surface area (Å²) in [6.45, 7) is 0.591. The van der Waals surface area contributed by atoms with Crippen LogP contribution in [0.3, 0.4) is 0 Å². The number of aliphatic imine (C=N–C) groups is 1. The van der Waals surface area contributed by atoms with Crippen LogP contribution in [-0.2, 0) is 30.3 Å².